The third-order valence-corrected chi connectivity index (χ3v) is 4.53. The van der Waals surface area contributed by atoms with Crippen molar-refractivity contribution in [1.82, 2.24) is 0 Å². The number of para-hydroxylation sites is 1. The predicted octanol–water partition coefficient (Wildman–Crippen LogP) is 4.44. The van der Waals surface area contributed by atoms with Crippen LogP contribution < -0.4 is 9.64 Å². The predicted molar refractivity (Wildman–Crippen MR) is 88.4 cm³/mol. The number of hydrogen-bond donors (Lipinski definition) is 0. The Balaban J connectivity index is 2.17. The number of amides is 1. The Morgan fingerprint density at radius 2 is 1.86 bits per heavy atom. The number of benzene rings is 2. The van der Waals surface area contributed by atoms with E-state index in [1.807, 2.05) is 47.4 Å². The Hall–Kier alpha value is -2.29. The Kier molecular flexibility index (Phi) is 3.88. The average molecular weight is 295 g/mol. The summed E-state index contributed by atoms with van der Waals surface area (Å²) in [6.45, 7) is 4.36. The van der Waals surface area contributed by atoms with Crippen molar-refractivity contribution in [1.29, 1.82) is 0 Å². The number of carbonyl (C=O) groups is 1. The normalized spacial score (nSPS) is 18.2. The van der Waals surface area contributed by atoms with Gasteiger partial charge in [0.25, 0.3) is 5.91 Å². The van der Waals surface area contributed by atoms with Gasteiger partial charge in [-0.15, -0.1) is 0 Å². The molecule has 0 radical (unpaired) electrons. The zero-order chi connectivity index (χ0) is 15.7. The molecule has 22 heavy (non-hydrogen) atoms. The minimum Gasteiger partial charge on any atom is -0.496 e. The van der Waals surface area contributed by atoms with Crippen molar-refractivity contribution in [2.75, 3.05) is 12.0 Å². The Bertz CT molecular complexity index is 681. The molecular weight excluding hydrogens is 274 g/mol. The highest BCUT2D eigenvalue weighted by molar-refractivity contribution is 6.12. The third-order valence-electron chi connectivity index (χ3n) is 4.53. The third kappa shape index (κ3) is 2.17. The highest BCUT2D eigenvalue weighted by Gasteiger charge is 2.41. The van der Waals surface area contributed by atoms with E-state index in [1.54, 1.807) is 7.11 Å². The highest BCUT2D eigenvalue weighted by atomic mass is 16.5. The van der Waals surface area contributed by atoms with Gasteiger partial charge in [0.05, 0.1) is 18.7 Å². The fourth-order valence-corrected chi connectivity index (χ4v) is 3.23. The number of methoxy groups -OCH3 is 1. The van der Waals surface area contributed by atoms with Crippen molar-refractivity contribution in [2.45, 2.75) is 26.3 Å². The first-order chi connectivity index (χ1) is 10.7. The van der Waals surface area contributed by atoms with Crippen LogP contribution in [0.1, 0.15) is 42.2 Å². The standard InChI is InChI=1S/C19H21NO2/c1-4-13(2)18-15-11-8-12-16(22-3)17(15)19(21)20(18)14-9-6-5-7-10-14/h5-13,18H,4H2,1-3H3. The quantitative estimate of drug-likeness (QED) is 0.834. The summed E-state index contributed by atoms with van der Waals surface area (Å²) in [4.78, 5) is 15.0. The largest absolute Gasteiger partial charge is 0.496 e. The van der Waals surface area contributed by atoms with E-state index in [-0.39, 0.29) is 11.9 Å². The molecule has 0 N–H and O–H groups in total. The van der Waals surface area contributed by atoms with Gasteiger partial charge in [0, 0.05) is 5.69 Å². The number of hydrogen-bond acceptors (Lipinski definition) is 2. The summed E-state index contributed by atoms with van der Waals surface area (Å²) >= 11 is 0. The molecule has 2 atom stereocenters. The van der Waals surface area contributed by atoms with Crippen molar-refractivity contribution in [3.05, 3.63) is 59.7 Å². The van der Waals surface area contributed by atoms with E-state index >= 15 is 0 Å². The molecule has 1 aliphatic heterocycles. The maximum Gasteiger partial charge on any atom is 0.262 e. The van der Waals surface area contributed by atoms with Crippen molar-refractivity contribution in [2.24, 2.45) is 5.92 Å². The molecule has 3 nitrogen and oxygen atoms in total. The summed E-state index contributed by atoms with van der Waals surface area (Å²) in [5.41, 5.74) is 2.72. The van der Waals surface area contributed by atoms with Crippen LogP contribution in [0.4, 0.5) is 5.69 Å². The number of anilines is 1. The monoisotopic (exact) mass is 295 g/mol. The average Bonchev–Trinajstić information content (AvgIpc) is 2.88. The van der Waals surface area contributed by atoms with E-state index in [0.29, 0.717) is 17.2 Å². The SMILES string of the molecule is CCC(C)C1c2cccc(OC)c2C(=O)N1c1ccccc1. The van der Waals surface area contributed by atoms with Gasteiger partial charge in [-0.05, 0) is 29.7 Å². The summed E-state index contributed by atoms with van der Waals surface area (Å²) in [5.74, 6) is 1.07. The van der Waals surface area contributed by atoms with E-state index in [4.69, 9.17) is 4.74 Å². The maximum absolute atomic E-state index is 13.1. The number of fused-ring (bicyclic) bond motifs is 1. The summed E-state index contributed by atoms with van der Waals surface area (Å²) in [6, 6.07) is 15.8. The lowest BCUT2D eigenvalue weighted by atomic mass is 9.91. The number of nitrogens with zero attached hydrogens (tertiary/aromatic N) is 1. The zero-order valence-electron chi connectivity index (χ0n) is 13.2. The second-order valence-corrected chi connectivity index (χ2v) is 5.77. The van der Waals surface area contributed by atoms with E-state index in [0.717, 1.165) is 17.7 Å². The van der Waals surface area contributed by atoms with Gasteiger partial charge in [0.1, 0.15) is 5.75 Å². The smallest absolute Gasteiger partial charge is 0.262 e. The van der Waals surface area contributed by atoms with Crippen LogP contribution in [0.5, 0.6) is 5.75 Å². The molecule has 0 saturated heterocycles. The van der Waals surface area contributed by atoms with Gasteiger partial charge in [-0.2, -0.15) is 0 Å². The van der Waals surface area contributed by atoms with Gasteiger partial charge in [0.2, 0.25) is 0 Å². The fourth-order valence-electron chi connectivity index (χ4n) is 3.23. The molecule has 2 aromatic carbocycles. The molecule has 1 amide bonds. The lowest BCUT2D eigenvalue weighted by Gasteiger charge is -2.29. The van der Waals surface area contributed by atoms with Crippen LogP contribution in [-0.2, 0) is 0 Å². The number of ether oxygens (including phenoxy) is 1. The summed E-state index contributed by atoms with van der Waals surface area (Å²) in [7, 11) is 1.62. The second-order valence-electron chi connectivity index (χ2n) is 5.77. The molecule has 1 aliphatic rings. The first-order valence-corrected chi connectivity index (χ1v) is 7.74. The maximum atomic E-state index is 13.1. The molecule has 1 heterocycles. The molecule has 0 aromatic heterocycles. The molecule has 3 heteroatoms. The summed E-state index contributed by atoms with van der Waals surface area (Å²) < 4.78 is 5.43. The van der Waals surface area contributed by atoms with Crippen molar-refractivity contribution in [3.63, 3.8) is 0 Å². The molecule has 3 rings (SSSR count). The molecule has 0 saturated carbocycles. The Morgan fingerprint density at radius 1 is 1.14 bits per heavy atom. The van der Waals surface area contributed by atoms with Crippen molar-refractivity contribution >= 4 is 11.6 Å². The van der Waals surface area contributed by atoms with Crippen LogP contribution in [-0.4, -0.2) is 13.0 Å². The van der Waals surface area contributed by atoms with Gasteiger partial charge in [-0.25, -0.2) is 0 Å². The van der Waals surface area contributed by atoms with Crippen LogP contribution >= 0.6 is 0 Å². The lowest BCUT2D eigenvalue weighted by molar-refractivity contribution is 0.0983. The second kappa shape index (κ2) is 5.84. The minimum absolute atomic E-state index is 0.0314. The van der Waals surface area contributed by atoms with E-state index in [2.05, 4.69) is 19.9 Å². The van der Waals surface area contributed by atoms with Gasteiger partial charge >= 0.3 is 0 Å². The van der Waals surface area contributed by atoms with Gasteiger partial charge in [-0.1, -0.05) is 50.6 Å². The summed E-state index contributed by atoms with van der Waals surface area (Å²) in [5, 5.41) is 0. The van der Waals surface area contributed by atoms with E-state index in [1.165, 1.54) is 0 Å². The molecule has 0 spiro atoms. The summed E-state index contributed by atoms with van der Waals surface area (Å²) in [6.07, 6.45) is 1.01. The topological polar surface area (TPSA) is 29.5 Å². The van der Waals surface area contributed by atoms with Crippen LogP contribution in [0.2, 0.25) is 0 Å². The van der Waals surface area contributed by atoms with Gasteiger partial charge in [-0.3, -0.25) is 4.79 Å². The molecule has 114 valence electrons. The number of rotatable bonds is 4. The van der Waals surface area contributed by atoms with Crippen LogP contribution in [0.25, 0.3) is 0 Å². The lowest BCUT2D eigenvalue weighted by Crippen LogP contribution is -2.31. The zero-order valence-corrected chi connectivity index (χ0v) is 13.2. The molecular formula is C19H21NO2. The molecule has 0 fully saturated rings. The Labute approximate surface area is 131 Å². The molecule has 2 aromatic rings. The van der Waals surface area contributed by atoms with E-state index in [9.17, 15) is 4.79 Å². The van der Waals surface area contributed by atoms with Crippen LogP contribution in [0.3, 0.4) is 0 Å². The fraction of sp³-hybridized carbons (Fsp3) is 0.316. The minimum atomic E-state index is 0.0314. The van der Waals surface area contributed by atoms with Crippen molar-refractivity contribution in [3.8, 4) is 5.75 Å². The van der Waals surface area contributed by atoms with Crippen LogP contribution in [0.15, 0.2) is 48.5 Å². The molecule has 2 unspecified atom stereocenters. The molecule has 0 bridgehead atoms. The highest BCUT2D eigenvalue weighted by Crippen LogP contribution is 2.45. The first-order valence-electron chi connectivity index (χ1n) is 7.74. The van der Waals surface area contributed by atoms with Crippen LogP contribution in [0, 0.1) is 5.92 Å². The first kappa shape index (κ1) is 14.6. The van der Waals surface area contributed by atoms with Gasteiger partial charge in [0.15, 0.2) is 0 Å². The van der Waals surface area contributed by atoms with Crippen molar-refractivity contribution < 1.29 is 9.53 Å². The number of carbonyl (C=O) groups excluding carboxylic acids is 1. The van der Waals surface area contributed by atoms with Gasteiger partial charge < -0.3 is 9.64 Å². The Morgan fingerprint density at radius 3 is 2.50 bits per heavy atom. The van der Waals surface area contributed by atoms with E-state index < -0.39 is 0 Å². The molecule has 0 aliphatic carbocycles.